The molecule has 1 aliphatic rings. The second-order valence-electron chi connectivity index (χ2n) is 4.73. The van der Waals surface area contributed by atoms with Crippen LogP contribution in [0.1, 0.15) is 18.4 Å². The Hall–Kier alpha value is -0.580. The first kappa shape index (κ1) is 12.9. The molecule has 0 saturated carbocycles. The number of phenolic OH excluding ortho intramolecular Hbond substituents is 1. The molecule has 2 rings (SSSR count). The molecule has 1 fully saturated rings. The number of likely N-dealkylation sites (tertiary alicyclic amines) is 1. The lowest BCUT2D eigenvalue weighted by Crippen LogP contribution is -2.35. The van der Waals surface area contributed by atoms with Gasteiger partial charge in [0.2, 0.25) is 0 Å². The van der Waals surface area contributed by atoms with Gasteiger partial charge in [-0.2, -0.15) is 0 Å². The summed E-state index contributed by atoms with van der Waals surface area (Å²) in [4.78, 5) is 2.38. The van der Waals surface area contributed by atoms with Crippen LogP contribution in [0, 0.1) is 5.92 Å². The van der Waals surface area contributed by atoms with Gasteiger partial charge < -0.3 is 10.8 Å². The Morgan fingerprint density at radius 1 is 1.35 bits per heavy atom. The van der Waals surface area contributed by atoms with Gasteiger partial charge in [-0.15, -0.1) is 0 Å². The number of nitrogens with zero attached hydrogens (tertiary/aromatic N) is 1. The first-order valence-electron chi connectivity index (χ1n) is 6.09. The molecule has 0 spiro atoms. The van der Waals surface area contributed by atoms with E-state index in [2.05, 4.69) is 20.8 Å². The standard InChI is InChI=1S/C13H19BrN2O/c14-12-1-2-13(17)11(7-12)9-16-5-3-10(8-15)4-6-16/h1-2,7,10,17H,3-6,8-9,15H2. The van der Waals surface area contributed by atoms with Crippen LogP contribution < -0.4 is 5.73 Å². The van der Waals surface area contributed by atoms with Gasteiger partial charge in [0.1, 0.15) is 5.75 Å². The summed E-state index contributed by atoms with van der Waals surface area (Å²) in [5.74, 6) is 1.07. The Morgan fingerprint density at radius 3 is 2.71 bits per heavy atom. The first-order valence-corrected chi connectivity index (χ1v) is 6.88. The van der Waals surface area contributed by atoms with Gasteiger partial charge >= 0.3 is 0 Å². The van der Waals surface area contributed by atoms with E-state index in [0.717, 1.165) is 36.2 Å². The van der Waals surface area contributed by atoms with Crippen molar-refractivity contribution >= 4 is 15.9 Å². The quantitative estimate of drug-likeness (QED) is 0.900. The maximum atomic E-state index is 9.80. The van der Waals surface area contributed by atoms with E-state index in [4.69, 9.17) is 5.73 Å². The van der Waals surface area contributed by atoms with E-state index in [-0.39, 0.29) is 0 Å². The van der Waals surface area contributed by atoms with Gasteiger partial charge in [-0.3, -0.25) is 4.90 Å². The summed E-state index contributed by atoms with van der Waals surface area (Å²) >= 11 is 3.44. The lowest BCUT2D eigenvalue weighted by atomic mass is 9.97. The summed E-state index contributed by atoms with van der Waals surface area (Å²) in [5, 5.41) is 9.80. The number of phenols is 1. The predicted molar refractivity (Wildman–Crippen MR) is 72.9 cm³/mol. The van der Waals surface area contributed by atoms with Gasteiger partial charge in [-0.05, 0) is 56.6 Å². The first-order chi connectivity index (χ1) is 8.19. The van der Waals surface area contributed by atoms with Gasteiger partial charge in [0, 0.05) is 16.6 Å². The average Bonchev–Trinajstić information content (AvgIpc) is 2.35. The van der Waals surface area contributed by atoms with Crippen LogP contribution in [0.5, 0.6) is 5.75 Å². The number of nitrogens with two attached hydrogens (primary N) is 1. The predicted octanol–water partition coefficient (Wildman–Crippen LogP) is 2.33. The van der Waals surface area contributed by atoms with E-state index in [1.807, 2.05) is 12.1 Å². The Kier molecular flexibility index (Phi) is 4.42. The Bertz CT molecular complexity index is 376. The number of piperidine rings is 1. The molecule has 1 aromatic carbocycles. The molecule has 94 valence electrons. The van der Waals surface area contributed by atoms with Crippen molar-refractivity contribution in [3.8, 4) is 5.75 Å². The number of aromatic hydroxyl groups is 1. The molecule has 0 aliphatic carbocycles. The highest BCUT2D eigenvalue weighted by Gasteiger charge is 2.18. The maximum absolute atomic E-state index is 9.80. The molecule has 0 aromatic heterocycles. The van der Waals surface area contributed by atoms with Crippen LogP contribution in [-0.4, -0.2) is 29.6 Å². The van der Waals surface area contributed by atoms with Crippen LogP contribution in [0.3, 0.4) is 0 Å². The number of halogens is 1. The van der Waals surface area contributed by atoms with Gasteiger partial charge in [0.05, 0.1) is 0 Å². The molecule has 1 aromatic rings. The molecule has 0 atom stereocenters. The van der Waals surface area contributed by atoms with Crippen molar-refractivity contribution in [2.24, 2.45) is 11.7 Å². The third-order valence-corrected chi connectivity index (χ3v) is 3.97. The van der Waals surface area contributed by atoms with Gasteiger partial charge in [0.25, 0.3) is 0 Å². The van der Waals surface area contributed by atoms with Gasteiger partial charge in [-0.1, -0.05) is 15.9 Å². The summed E-state index contributed by atoms with van der Waals surface area (Å²) in [6.07, 6.45) is 2.34. The normalized spacial score (nSPS) is 18.5. The van der Waals surface area contributed by atoms with Crippen molar-refractivity contribution in [1.82, 2.24) is 4.90 Å². The summed E-state index contributed by atoms with van der Waals surface area (Å²) in [6, 6.07) is 5.59. The molecule has 1 saturated heterocycles. The van der Waals surface area contributed by atoms with Crippen molar-refractivity contribution < 1.29 is 5.11 Å². The van der Waals surface area contributed by atoms with Crippen LogP contribution in [0.25, 0.3) is 0 Å². The zero-order chi connectivity index (χ0) is 12.3. The average molecular weight is 299 g/mol. The summed E-state index contributed by atoms with van der Waals surface area (Å²) in [6.45, 7) is 3.78. The molecule has 4 heteroatoms. The minimum Gasteiger partial charge on any atom is -0.508 e. The largest absolute Gasteiger partial charge is 0.508 e. The second kappa shape index (κ2) is 5.85. The fourth-order valence-corrected chi connectivity index (χ4v) is 2.71. The number of rotatable bonds is 3. The molecule has 3 nitrogen and oxygen atoms in total. The summed E-state index contributed by atoms with van der Waals surface area (Å²) < 4.78 is 1.02. The van der Waals surface area contributed by atoms with Crippen LogP contribution in [-0.2, 0) is 6.54 Å². The second-order valence-corrected chi connectivity index (χ2v) is 5.64. The summed E-state index contributed by atoms with van der Waals surface area (Å²) in [5.41, 5.74) is 6.67. The van der Waals surface area contributed by atoms with E-state index >= 15 is 0 Å². The minimum atomic E-state index is 0.383. The molecule has 0 radical (unpaired) electrons. The van der Waals surface area contributed by atoms with Crippen molar-refractivity contribution in [3.63, 3.8) is 0 Å². The Labute approximate surface area is 111 Å². The zero-order valence-electron chi connectivity index (χ0n) is 9.90. The maximum Gasteiger partial charge on any atom is 0.120 e. The van der Waals surface area contributed by atoms with E-state index < -0.39 is 0 Å². The number of hydrogen-bond donors (Lipinski definition) is 2. The third kappa shape index (κ3) is 3.44. The molecule has 1 aliphatic heterocycles. The van der Waals surface area contributed by atoms with Crippen LogP contribution in [0.4, 0.5) is 0 Å². The molecular weight excluding hydrogens is 280 g/mol. The highest BCUT2D eigenvalue weighted by molar-refractivity contribution is 9.10. The Balaban J connectivity index is 1.95. The van der Waals surface area contributed by atoms with Crippen molar-refractivity contribution in [3.05, 3.63) is 28.2 Å². The van der Waals surface area contributed by atoms with Crippen molar-refractivity contribution in [1.29, 1.82) is 0 Å². The SMILES string of the molecule is NCC1CCN(Cc2cc(Br)ccc2O)CC1. The molecule has 3 N–H and O–H groups in total. The monoisotopic (exact) mass is 298 g/mol. The lowest BCUT2D eigenvalue weighted by Gasteiger charge is -2.31. The van der Waals surface area contributed by atoms with Gasteiger partial charge in [-0.25, -0.2) is 0 Å². The molecule has 0 unspecified atom stereocenters. The minimum absolute atomic E-state index is 0.383. The fraction of sp³-hybridized carbons (Fsp3) is 0.538. The van der Waals surface area contributed by atoms with Crippen molar-refractivity contribution in [2.75, 3.05) is 19.6 Å². The van der Waals surface area contributed by atoms with E-state index in [0.29, 0.717) is 11.7 Å². The van der Waals surface area contributed by atoms with Crippen LogP contribution in [0.2, 0.25) is 0 Å². The van der Waals surface area contributed by atoms with E-state index in [1.54, 1.807) is 6.07 Å². The van der Waals surface area contributed by atoms with E-state index in [1.165, 1.54) is 12.8 Å². The van der Waals surface area contributed by atoms with Crippen LogP contribution >= 0.6 is 15.9 Å². The smallest absolute Gasteiger partial charge is 0.120 e. The lowest BCUT2D eigenvalue weighted by molar-refractivity contribution is 0.179. The summed E-state index contributed by atoms with van der Waals surface area (Å²) in [7, 11) is 0. The zero-order valence-corrected chi connectivity index (χ0v) is 11.5. The Morgan fingerprint density at radius 2 is 2.06 bits per heavy atom. The molecule has 0 amide bonds. The number of benzene rings is 1. The topological polar surface area (TPSA) is 49.5 Å². The number of hydrogen-bond acceptors (Lipinski definition) is 3. The highest BCUT2D eigenvalue weighted by Crippen LogP contribution is 2.25. The highest BCUT2D eigenvalue weighted by atomic mass is 79.9. The molecular formula is C13H19BrN2O. The van der Waals surface area contributed by atoms with Crippen LogP contribution in [0.15, 0.2) is 22.7 Å². The van der Waals surface area contributed by atoms with E-state index in [9.17, 15) is 5.11 Å². The molecule has 1 heterocycles. The third-order valence-electron chi connectivity index (χ3n) is 3.48. The molecule has 0 bridgehead atoms. The molecule has 17 heavy (non-hydrogen) atoms. The van der Waals surface area contributed by atoms with Crippen molar-refractivity contribution in [2.45, 2.75) is 19.4 Å². The van der Waals surface area contributed by atoms with Gasteiger partial charge in [0.15, 0.2) is 0 Å². The fourth-order valence-electron chi connectivity index (χ4n) is 2.30.